The van der Waals surface area contributed by atoms with E-state index < -0.39 is 17.3 Å². The first-order chi connectivity index (χ1) is 10.9. The summed E-state index contributed by atoms with van der Waals surface area (Å²) in [5.41, 5.74) is -0.492. The van der Waals surface area contributed by atoms with Gasteiger partial charge in [-0.25, -0.2) is 13.6 Å². The molecule has 0 N–H and O–H groups in total. The van der Waals surface area contributed by atoms with Crippen molar-refractivity contribution < 1.29 is 13.9 Å². The highest BCUT2D eigenvalue weighted by molar-refractivity contribution is 5.69. The average Bonchev–Trinajstić information content (AvgIpc) is 3.26. The second-order valence-electron chi connectivity index (χ2n) is 6.01. The largest absolute Gasteiger partial charge is 0.465 e. The number of aromatic nitrogens is 4. The molecule has 0 atom stereocenters. The van der Waals surface area contributed by atoms with E-state index in [1.165, 1.54) is 4.52 Å². The van der Waals surface area contributed by atoms with Crippen molar-refractivity contribution in [2.75, 3.05) is 6.61 Å². The van der Waals surface area contributed by atoms with Gasteiger partial charge in [0.2, 0.25) is 0 Å². The molecule has 0 bridgehead atoms. The van der Waals surface area contributed by atoms with E-state index in [2.05, 4.69) is 10.2 Å². The van der Waals surface area contributed by atoms with E-state index >= 15 is 0 Å². The Balaban J connectivity index is 2.18. The summed E-state index contributed by atoms with van der Waals surface area (Å²) in [6.45, 7) is 5.29. The molecule has 2 aromatic heterocycles. The Labute approximate surface area is 132 Å². The first kappa shape index (κ1) is 15.6. The van der Waals surface area contributed by atoms with Crippen LogP contribution in [0.2, 0.25) is 0 Å². The molecule has 0 aliphatic heterocycles. The molecule has 1 fully saturated rings. The molecule has 0 amide bonds. The van der Waals surface area contributed by atoms with Crippen LogP contribution in [0.1, 0.15) is 57.0 Å². The summed E-state index contributed by atoms with van der Waals surface area (Å²) in [6.07, 6.45) is 1.75. The Morgan fingerprint density at radius 3 is 2.65 bits per heavy atom. The first-order valence-corrected chi connectivity index (χ1v) is 7.78. The molecule has 23 heavy (non-hydrogen) atoms. The van der Waals surface area contributed by atoms with Gasteiger partial charge in [-0.15, -0.1) is 0 Å². The number of hydrogen-bond acceptors (Lipinski definition) is 5. The van der Waals surface area contributed by atoms with Crippen molar-refractivity contribution in [3.05, 3.63) is 27.7 Å². The van der Waals surface area contributed by atoms with E-state index in [0.717, 1.165) is 17.5 Å². The zero-order chi connectivity index (χ0) is 16.7. The standard InChI is InChI=1S/C15H19FN4O3/c1-4-23-10(21)7-19-15(22)13-11(16)12(9-5-6-9)17-20(13)14(18-19)8(2)3/h8-9H,4-7H2,1-3H3. The maximum absolute atomic E-state index is 14.6. The molecular formula is C15H19FN4O3. The molecule has 3 rings (SSSR count). The number of halogens is 1. The fraction of sp³-hybridized carbons (Fsp3) is 0.600. The SMILES string of the molecule is CCOC(=O)Cn1nc(C(C)C)n2nc(C3CC3)c(F)c2c1=O. The summed E-state index contributed by atoms with van der Waals surface area (Å²) in [7, 11) is 0. The third kappa shape index (κ3) is 2.73. The predicted octanol–water partition coefficient (Wildman–Crippen LogP) is 1.59. The minimum Gasteiger partial charge on any atom is -0.465 e. The Morgan fingerprint density at radius 2 is 2.09 bits per heavy atom. The van der Waals surface area contributed by atoms with Crippen molar-refractivity contribution in [2.24, 2.45) is 0 Å². The first-order valence-electron chi connectivity index (χ1n) is 7.78. The zero-order valence-corrected chi connectivity index (χ0v) is 13.4. The molecule has 0 unspecified atom stereocenters. The van der Waals surface area contributed by atoms with Gasteiger partial charge in [0, 0.05) is 11.8 Å². The topological polar surface area (TPSA) is 78.5 Å². The van der Waals surface area contributed by atoms with Crippen LogP contribution in [0.3, 0.4) is 0 Å². The summed E-state index contributed by atoms with van der Waals surface area (Å²) in [5.74, 6) is -0.747. The van der Waals surface area contributed by atoms with Crippen LogP contribution in [-0.2, 0) is 16.1 Å². The van der Waals surface area contributed by atoms with Crippen LogP contribution in [0, 0.1) is 5.82 Å². The lowest BCUT2D eigenvalue weighted by atomic mass is 10.2. The van der Waals surface area contributed by atoms with Crippen molar-refractivity contribution in [2.45, 2.75) is 52.0 Å². The molecule has 1 aliphatic rings. The molecule has 0 aromatic carbocycles. The fourth-order valence-electron chi connectivity index (χ4n) is 2.51. The van der Waals surface area contributed by atoms with Gasteiger partial charge in [0.05, 0.1) is 6.61 Å². The Hall–Kier alpha value is -2.25. The molecule has 124 valence electrons. The second kappa shape index (κ2) is 5.75. The van der Waals surface area contributed by atoms with Crippen LogP contribution in [-0.4, -0.2) is 32.0 Å². The van der Waals surface area contributed by atoms with Crippen LogP contribution in [0.4, 0.5) is 4.39 Å². The molecule has 0 radical (unpaired) electrons. The highest BCUT2D eigenvalue weighted by Crippen LogP contribution is 2.41. The monoisotopic (exact) mass is 322 g/mol. The predicted molar refractivity (Wildman–Crippen MR) is 79.9 cm³/mol. The highest BCUT2D eigenvalue weighted by atomic mass is 19.1. The van der Waals surface area contributed by atoms with Gasteiger partial charge in [0.25, 0.3) is 5.56 Å². The Kier molecular flexibility index (Phi) is 3.91. The number of carbonyl (C=O) groups is 1. The highest BCUT2D eigenvalue weighted by Gasteiger charge is 2.33. The van der Waals surface area contributed by atoms with Crippen LogP contribution in [0.25, 0.3) is 5.52 Å². The molecule has 2 aromatic rings. The van der Waals surface area contributed by atoms with Gasteiger partial charge >= 0.3 is 5.97 Å². The lowest BCUT2D eigenvalue weighted by Gasteiger charge is -2.11. The normalized spacial score (nSPS) is 14.7. The van der Waals surface area contributed by atoms with E-state index in [9.17, 15) is 14.0 Å². The van der Waals surface area contributed by atoms with Gasteiger partial charge < -0.3 is 4.74 Å². The van der Waals surface area contributed by atoms with Gasteiger partial charge in [-0.3, -0.25) is 9.59 Å². The van der Waals surface area contributed by atoms with Crippen molar-refractivity contribution >= 4 is 11.5 Å². The van der Waals surface area contributed by atoms with Crippen LogP contribution >= 0.6 is 0 Å². The third-order valence-electron chi connectivity index (χ3n) is 3.79. The number of carbonyl (C=O) groups excluding carboxylic acids is 1. The molecule has 1 saturated carbocycles. The minimum absolute atomic E-state index is 0.0767. The van der Waals surface area contributed by atoms with E-state index in [1.807, 2.05) is 13.8 Å². The number of ether oxygens (including phenoxy) is 1. The maximum atomic E-state index is 14.6. The minimum atomic E-state index is -0.667. The molecule has 0 saturated heterocycles. The lowest BCUT2D eigenvalue weighted by molar-refractivity contribution is -0.144. The van der Waals surface area contributed by atoms with Gasteiger partial charge in [-0.2, -0.15) is 10.2 Å². The van der Waals surface area contributed by atoms with Crippen LogP contribution in [0.15, 0.2) is 4.79 Å². The molecule has 0 spiro atoms. The van der Waals surface area contributed by atoms with E-state index in [-0.39, 0.29) is 30.5 Å². The van der Waals surface area contributed by atoms with Gasteiger partial charge in [-0.05, 0) is 19.8 Å². The van der Waals surface area contributed by atoms with Crippen molar-refractivity contribution in [1.29, 1.82) is 0 Å². The number of hydrogen-bond donors (Lipinski definition) is 0. The number of nitrogens with zero attached hydrogens (tertiary/aromatic N) is 4. The van der Waals surface area contributed by atoms with Gasteiger partial charge in [0.15, 0.2) is 17.2 Å². The van der Waals surface area contributed by atoms with Crippen molar-refractivity contribution in [3.8, 4) is 0 Å². The van der Waals surface area contributed by atoms with Gasteiger partial charge in [-0.1, -0.05) is 13.8 Å². The maximum Gasteiger partial charge on any atom is 0.327 e. The zero-order valence-electron chi connectivity index (χ0n) is 13.4. The number of rotatable bonds is 5. The molecule has 7 nitrogen and oxygen atoms in total. The summed E-state index contributed by atoms with van der Waals surface area (Å²) in [4.78, 5) is 24.2. The number of fused-ring (bicyclic) bond motifs is 1. The third-order valence-corrected chi connectivity index (χ3v) is 3.79. The average molecular weight is 322 g/mol. The summed E-state index contributed by atoms with van der Waals surface area (Å²) < 4.78 is 21.7. The smallest absolute Gasteiger partial charge is 0.327 e. The van der Waals surface area contributed by atoms with Crippen molar-refractivity contribution in [3.63, 3.8) is 0 Å². The molecule has 1 aliphatic carbocycles. The number of esters is 1. The van der Waals surface area contributed by atoms with E-state index in [4.69, 9.17) is 4.74 Å². The van der Waals surface area contributed by atoms with Gasteiger partial charge in [0.1, 0.15) is 12.2 Å². The lowest BCUT2D eigenvalue weighted by Crippen LogP contribution is -2.31. The molecular weight excluding hydrogens is 303 g/mol. The second-order valence-corrected chi connectivity index (χ2v) is 6.01. The summed E-state index contributed by atoms with van der Waals surface area (Å²) >= 11 is 0. The summed E-state index contributed by atoms with van der Waals surface area (Å²) in [5, 5.41) is 8.46. The van der Waals surface area contributed by atoms with Crippen molar-refractivity contribution in [1.82, 2.24) is 19.4 Å². The molecule has 2 heterocycles. The Morgan fingerprint density at radius 1 is 1.39 bits per heavy atom. The van der Waals surface area contributed by atoms with Crippen LogP contribution < -0.4 is 5.56 Å². The van der Waals surface area contributed by atoms with Crippen LogP contribution in [0.5, 0.6) is 0 Å². The van der Waals surface area contributed by atoms with E-state index in [0.29, 0.717) is 11.5 Å². The Bertz CT molecular complexity index is 820. The summed E-state index contributed by atoms with van der Waals surface area (Å²) in [6, 6.07) is 0. The fourth-order valence-corrected chi connectivity index (χ4v) is 2.51. The molecule has 8 heteroatoms. The quantitative estimate of drug-likeness (QED) is 0.781. The van der Waals surface area contributed by atoms with E-state index in [1.54, 1.807) is 6.92 Å².